The second kappa shape index (κ2) is 4.94. The van der Waals surface area contributed by atoms with Crippen LogP contribution in [0.4, 0.5) is 0 Å². The van der Waals surface area contributed by atoms with Crippen LogP contribution >= 0.6 is 23.6 Å². The molecule has 1 aromatic heterocycles. The normalized spacial score (nSPS) is 30.5. The highest BCUT2D eigenvalue weighted by Crippen LogP contribution is 2.44. The largest absolute Gasteiger partial charge is 0.360 e. The van der Waals surface area contributed by atoms with E-state index in [4.69, 9.17) is 12.2 Å². The van der Waals surface area contributed by atoms with Gasteiger partial charge in [-0.1, -0.05) is 12.5 Å². The third-order valence-electron chi connectivity index (χ3n) is 4.06. The van der Waals surface area contributed by atoms with E-state index < -0.39 is 0 Å². The van der Waals surface area contributed by atoms with Gasteiger partial charge in [-0.25, -0.2) is 0 Å². The minimum Gasteiger partial charge on any atom is -0.360 e. The second-order valence-corrected chi connectivity index (χ2v) is 6.63. The van der Waals surface area contributed by atoms with Gasteiger partial charge in [0.2, 0.25) is 0 Å². The van der Waals surface area contributed by atoms with E-state index in [2.05, 4.69) is 28.1 Å². The average Bonchev–Trinajstić information content (AvgIpc) is 3.03. The van der Waals surface area contributed by atoms with E-state index in [1.807, 2.05) is 0 Å². The van der Waals surface area contributed by atoms with Crippen LogP contribution in [0.2, 0.25) is 0 Å². The van der Waals surface area contributed by atoms with Crippen LogP contribution in [-0.2, 0) is 6.54 Å². The Morgan fingerprint density at radius 1 is 1.41 bits per heavy atom. The second-order valence-electron chi connectivity index (χ2n) is 5.19. The first-order chi connectivity index (χ1) is 8.31. The molecule has 1 heterocycles. The van der Waals surface area contributed by atoms with Crippen molar-refractivity contribution in [2.24, 2.45) is 11.8 Å². The number of thiocarbonyl (C=S) groups is 1. The van der Waals surface area contributed by atoms with Gasteiger partial charge in [-0.3, -0.25) is 0 Å². The van der Waals surface area contributed by atoms with Crippen molar-refractivity contribution in [2.75, 3.05) is 0 Å². The lowest BCUT2D eigenvalue weighted by molar-refractivity contribution is 0.389. The summed E-state index contributed by atoms with van der Waals surface area (Å²) in [5, 5.41) is 9.73. The fourth-order valence-corrected chi connectivity index (χ4v) is 4.09. The van der Waals surface area contributed by atoms with E-state index in [0.29, 0.717) is 6.04 Å². The van der Waals surface area contributed by atoms with Gasteiger partial charge < -0.3 is 10.6 Å². The highest BCUT2D eigenvalue weighted by Gasteiger charge is 2.39. The van der Waals surface area contributed by atoms with Gasteiger partial charge in [-0.2, -0.15) is 0 Å². The van der Waals surface area contributed by atoms with Crippen LogP contribution in [0, 0.1) is 11.8 Å². The lowest BCUT2D eigenvalue weighted by Crippen LogP contribution is -2.43. The van der Waals surface area contributed by atoms with Crippen LogP contribution in [-0.4, -0.2) is 11.2 Å². The minimum atomic E-state index is 0.636. The lowest BCUT2D eigenvalue weighted by atomic mass is 9.96. The zero-order valence-corrected chi connectivity index (χ0v) is 11.4. The smallest absolute Gasteiger partial charge is 0.166 e. The maximum absolute atomic E-state index is 5.36. The van der Waals surface area contributed by atoms with E-state index in [-0.39, 0.29) is 0 Å². The van der Waals surface area contributed by atoms with Crippen LogP contribution in [0.5, 0.6) is 0 Å². The summed E-state index contributed by atoms with van der Waals surface area (Å²) >= 11 is 7.13. The molecule has 0 spiro atoms. The number of nitrogens with one attached hydrogen (secondary N) is 2. The monoisotopic (exact) mass is 266 g/mol. The van der Waals surface area contributed by atoms with Crippen molar-refractivity contribution in [3.8, 4) is 0 Å². The minimum absolute atomic E-state index is 0.636. The Labute approximate surface area is 112 Å². The molecule has 0 aliphatic heterocycles. The molecule has 17 heavy (non-hydrogen) atoms. The Morgan fingerprint density at radius 2 is 2.35 bits per heavy atom. The molecule has 0 unspecified atom stereocenters. The van der Waals surface area contributed by atoms with Gasteiger partial charge in [-0.05, 0) is 54.8 Å². The van der Waals surface area contributed by atoms with Crippen molar-refractivity contribution in [3.05, 3.63) is 22.4 Å². The van der Waals surface area contributed by atoms with Gasteiger partial charge in [0.25, 0.3) is 0 Å². The third-order valence-corrected chi connectivity index (χ3v) is 5.20. The summed E-state index contributed by atoms with van der Waals surface area (Å²) in [7, 11) is 0. The SMILES string of the molecule is S=C(NCc1cccs1)N[C@H]1C[C@H]2CC[C@H]1C2. The summed E-state index contributed by atoms with van der Waals surface area (Å²) < 4.78 is 0. The molecule has 2 fully saturated rings. The zero-order valence-electron chi connectivity index (χ0n) is 9.82. The van der Waals surface area contributed by atoms with Gasteiger partial charge in [0, 0.05) is 10.9 Å². The first-order valence-corrected chi connectivity index (χ1v) is 7.67. The van der Waals surface area contributed by atoms with Gasteiger partial charge in [0.15, 0.2) is 5.11 Å². The van der Waals surface area contributed by atoms with Crippen molar-refractivity contribution in [1.29, 1.82) is 0 Å². The lowest BCUT2D eigenvalue weighted by Gasteiger charge is -2.24. The van der Waals surface area contributed by atoms with Crippen molar-refractivity contribution < 1.29 is 0 Å². The van der Waals surface area contributed by atoms with Crippen molar-refractivity contribution in [1.82, 2.24) is 10.6 Å². The average molecular weight is 266 g/mol. The molecular formula is C13H18N2S2. The molecule has 3 rings (SSSR count). The topological polar surface area (TPSA) is 24.1 Å². The highest BCUT2D eigenvalue weighted by molar-refractivity contribution is 7.80. The molecule has 2 bridgehead atoms. The molecular weight excluding hydrogens is 248 g/mol. The van der Waals surface area contributed by atoms with Crippen LogP contribution in [0.15, 0.2) is 17.5 Å². The van der Waals surface area contributed by atoms with Gasteiger partial charge >= 0.3 is 0 Å². The Bertz CT molecular complexity index is 388. The van der Waals surface area contributed by atoms with Gasteiger partial charge in [-0.15, -0.1) is 11.3 Å². The number of rotatable bonds is 3. The standard InChI is InChI=1S/C13H18N2S2/c16-13(14-8-11-2-1-5-17-11)15-12-7-9-3-4-10(12)6-9/h1-2,5,9-10,12H,3-4,6-8H2,(H2,14,15,16)/t9-,10-,12-/m0/s1. The Morgan fingerprint density at radius 3 is 3.00 bits per heavy atom. The molecule has 0 radical (unpaired) electrons. The summed E-state index contributed by atoms with van der Waals surface area (Å²) in [6.07, 6.45) is 5.59. The molecule has 3 atom stereocenters. The van der Waals surface area contributed by atoms with Crippen LogP contribution in [0.25, 0.3) is 0 Å². The number of fused-ring (bicyclic) bond motifs is 2. The first-order valence-electron chi connectivity index (χ1n) is 6.38. The van der Waals surface area contributed by atoms with E-state index >= 15 is 0 Å². The maximum atomic E-state index is 5.36. The van der Waals surface area contributed by atoms with E-state index in [1.165, 1.54) is 30.6 Å². The summed E-state index contributed by atoms with van der Waals surface area (Å²) in [6, 6.07) is 4.85. The molecule has 2 nitrogen and oxygen atoms in total. The van der Waals surface area contributed by atoms with E-state index in [0.717, 1.165) is 23.5 Å². The Hall–Kier alpha value is -0.610. The fraction of sp³-hybridized carbons (Fsp3) is 0.615. The zero-order chi connectivity index (χ0) is 11.7. The number of hydrogen-bond donors (Lipinski definition) is 2. The molecule has 2 aliphatic carbocycles. The quantitative estimate of drug-likeness (QED) is 0.823. The first kappa shape index (κ1) is 11.5. The Balaban J connectivity index is 1.44. The summed E-state index contributed by atoms with van der Waals surface area (Å²) in [5.74, 6) is 1.85. The maximum Gasteiger partial charge on any atom is 0.166 e. The number of hydrogen-bond acceptors (Lipinski definition) is 2. The molecule has 4 heteroatoms. The summed E-state index contributed by atoms with van der Waals surface area (Å²) in [4.78, 5) is 1.34. The van der Waals surface area contributed by atoms with Crippen LogP contribution in [0.3, 0.4) is 0 Å². The van der Waals surface area contributed by atoms with Gasteiger partial charge in [0.05, 0.1) is 6.54 Å². The third kappa shape index (κ3) is 2.63. The molecule has 0 aromatic carbocycles. The summed E-state index contributed by atoms with van der Waals surface area (Å²) in [5.41, 5.74) is 0. The Kier molecular flexibility index (Phi) is 3.34. The van der Waals surface area contributed by atoms with Crippen molar-refractivity contribution in [2.45, 2.75) is 38.3 Å². The molecule has 2 aliphatic rings. The molecule has 1 aromatic rings. The number of thiophene rings is 1. The van der Waals surface area contributed by atoms with Gasteiger partial charge in [0.1, 0.15) is 0 Å². The highest BCUT2D eigenvalue weighted by atomic mass is 32.1. The van der Waals surface area contributed by atoms with E-state index in [1.54, 1.807) is 11.3 Å². The molecule has 0 amide bonds. The van der Waals surface area contributed by atoms with Crippen molar-refractivity contribution >= 4 is 28.7 Å². The van der Waals surface area contributed by atoms with E-state index in [9.17, 15) is 0 Å². The van der Waals surface area contributed by atoms with Crippen LogP contribution < -0.4 is 10.6 Å². The molecule has 2 N–H and O–H groups in total. The summed E-state index contributed by atoms with van der Waals surface area (Å²) in [6.45, 7) is 0.852. The molecule has 92 valence electrons. The fourth-order valence-electron chi connectivity index (χ4n) is 3.22. The predicted octanol–water partition coefficient (Wildman–Crippen LogP) is 2.90. The molecule has 0 saturated heterocycles. The molecule has 2 saturated carbocycles. The van der Waals surface area contributed by atoms with Crippen LogP contribution in [0.1, 0.15) is 30.6 Å². The predicted molar refractivity (Wildman–Crippen MR) is 76.1 cm³/mol. The van der Waals surface area contributed by atoms with Crippen molar-refractivity contribution in [3.63, 3.8) is 0 Å².